The number of halogens is 2. The molecule has 0 saturated carbocycles. The molecule has 2 nitrogen and oxygen atoms in total. The molecule has 0 atom stereocenters. The molecule has 0 spiro atoms. The molecule has 0 bridgehead atoms. The fourth-order valence-corrected chi connectivity index (χ4v) is 2.57. The predicted octanol–water partition coefficient (Wildman–Crippen LogP) is 4.52. The monoisotopic (exact) mass is 297 g/mol. The zero-order valence-electron chi connectivity index (χ0n) is 11.7. The van der Waals surface area contributed by atoms with Crippen LogP contribution in [-0.4, -0.2) is 6.04 Å². The number of benzene rings is 1. The van der Waals surface area contributed by atoms with Crippen LogP contribution in [0.25, 0.3) is 0 Å². The Kier molecular flexibility index (Phi) is 4.83. The van der Waals surface area contributed by atoms with Crippen LogP contribution in [0, 0.1) is 18.6 Å². The highest BCUT2D eigenvalue weighted by Crippen LogP contribution is 2.34. The van der Waals surface area contributed by atoms with E-state index in [4.69, 9.17) is 4.42 Å². The minimum atomic E-state index is -0.545. The van der Waals surface area contributed by atoms with Crippen molar-refractivity contribution in [3.8, 4) is 0 Å². The summed E-state index contributed by atoms with van der Waals surface area (Å²) < 4.78 is 33.2. The standard InChI is InChI=1S/C15H17F2NOS/c1-9(2)18-8-11-6-12(16)15(13(17)7-11)20-14-4-5-19-10(14)3/h4-7,9,18H,8H2,1-3H3. The summed E-state index contributed by atoms with van der Waals surface area (Å²) in [6.07, 6.45) is 1.51. The third kappa shape index (κ3) is 3.61. The van der Waals surface area contributed by atoms with Crippen molar-refractivity contribution in [3.63, 3.8) is 0 Å². The number of hydrogen-bond donors (Lipinski definition) is 1. The SMILES string of the molecule is Cc1occc1Sc1c(F)cc(CNC(C)C)cc1F. The Labute approximate surface area is 121 Å². The molecule has 0 fully saturated rings. The quantitative estimate of drug-likeness (QED) is 0.878. The molecule has 2 aromatic rings. The lowest BCUT2D eigenvalue weighted by Gasteiger charge is -2.10. The molecule has 0 radical (unpaired) electrons. The molecule has 2 rings (SSSR count). The molecular formula is C15H17F2NOS. The normalized spacial score (nSPS) is 11.3. The lowest BCUT2D eigenvalue weighted by molar-refractivity contribution is 0.524. The third-order valence-electron chi connectivity index (χ3n) is 2.80. The lowest BCUT2D eigenvalue weighted by atomic mass is 10.2. The van der Waals surface area contributed by atoms with Crippen LogP contribution in [-0.2, 0) is 6.54 Å². The first-order chi connectivity index (χ1) is 9.47. The maximum Gasteiger partial charge on any atom is 0.140 e. The molecule has 1 aromatic carbocycles. The van der Waals surface area contributed by atoms with Crippen LogP contribution in [0.4, 0.5) is 8.78 Å². The lowest BCUT2D eigenvalue weighted by Crippen LogP contribution is -2.22. The molecule has 0 aliphatic carbocycles. The molecule has 1 N–H and O–H groups in total. The zero-order valence-corrected chi connectivity index (χ0v) is 12.5. The molecule has 5 heteroatoms. The highest BCUT2D eigenvalue weighted by molar-refractivity contribution is 7.99. The second kappa shape index (κ2) is 6.41. The molecule has 0 aliphatic rings. The van der Waals surface area contributed by atoms with E-state index in [1.54, 1.807) is 13.0 Å². The molecule has 0 amide bonds. The number of furan rings is 1. The van der Waals surface area contributed by atoms with Crippen LogP contribution >= 0.6 is 11.8 Å². The summed E-state index contributed by atoms with van der Waals surface area (Å²) in [6.45, 7) is 6.18. The average Bonchev–Trinajstić information content (AvgIpc) is 2.77. The Balaban J connectivity index is 2.20. The van der Waals surface area contributed by atoms with Gasteiger partial charge in [-0.15, -0.1) is 0 Å². The van der Waals surface area contributed by atoms with Crippen LogP contribution in [0.5, 0.6) is 0 Å². The molecule has 0 saturated heterocycles. The summed E-state index contributed by atoms with van der Waals surface area (Å²) in [7, 11) is 0. The van der Waals surface area contributed by atoms with Crippen LogP contribution in [0.1, 0.15) is 25.2 Å². The van der Waals surface area contributed by atoms with E-state index < -0.39 is 11.6 Å². The largest absolute Gasteiger partial charge is 0.468 e. The Morgan fingerprint density at radius 2 is 1.90 bits per heavy atom. The van der Waals surface area contributed by atoms with E-state index in [0.717, 1.165) is 16.7 Å². The zero-order chi connectivity index (χ0) is 14.7. The van der Waals surface area contributed by atoms with E-state index in [2.05, 4.69) is 5.32 Å². The Bertz CT molecular complexity index is 572. The van der Waals surface area contributed by atoms with Crippen LogP contribution in [0.3, 0.4) is 0 Å². The topological polar surface area (TPSA) is 25.2 Å². The van der Waals surface area contributed by atoms with Gasteiger partial charge in [-0.1, -0.05) is 25.6 Å². The van der Waals surface area contributed by atoms with Gasteiger partial charge >= 0.3 is 0 Å². The first-order valence-electron chi connectivity index (χ1n) is 6.40. The minimum absolute atomic E-state index is 0.00259. The smallest absolute Gasteiger partial charge is 0.140 e. The van der Waals surface area contributed by atoms with Crippen LogP contribution in [0.15, 0.2) is 38.7 Å². The summed E-state index contributed by atoms with van der Waals surface area (Å²) in [4.78, 5) is 0.721. The van der Waals surface area contributed by atoms with E-state index >= 15 is 0 Å². The minimum Gasteiger partial charge on any atom is -0.468 e. The highest BCUT2D eigenvalue weighted by atomic mass is 32.2. The molecule has 1 heterocycles. The maximum absolute atomic E-state index is 14.0. The van der Waals surface area contributed by atoms with Crippen molar-refractivity contribution in [2.24, 2.45) is 0 Å². The van der Waals surface area contributed by atoms with Gasteiger partial charge in [0.25, 0.3) is 0 Å². The van der Waals surface area contributed by atoms with Crippen molar-refractivity contribution < 1.29 is 13.2 Å². The number of nitrogens with one attached hydrogen (secondary N) is 1. The van der Waals surface area contributed by atoms with E-state index in [0.29, 0.717) is 17.9 Å². The van der Waals surface area contributed by atoms with Gasteiger partial charge in [-0.3, -0.25) is 0 Å². The van der Waals surface area contributed by atoms with Crippen LogP contribution < -0.4 is 5.32 Å². The van der Waals surface area contributed by atoms with Gasteiger partial charge in [0, 0.05) is 12.6 Å². The summed E-state index contributed by atoms with van der Waals surface area (Å²) in [6, 6.07) is 4.71. The fourth-order valence-electron chi connectivity index (χ4n) is 1.72. The van der Waals surface area contributed by atoms with Crippen LogP contribution in [0.2, 0.25) is 0 Å². The van der Waals surface area contributed by atoms with Crippen molar-refractivity contribution in [1.29, 1.82) is 0 Å². The summed E-state index contributed by atoms with van der Waals surface area (Å²) >= 11 is 1.04. The average molecular weight is 297 g/mol. The summed E-state index contributed by atoms with van der Waals surface area (Å²) in [5.41, 5.74) is 0.599. The Hall–Kier alpha value is -1.33. The van der Waals surface area contributed by atoms with Gasteiger partial charge in [0.2, 0.25) is 0 Å². The molecule has 20 heavy (non-hydrogen) atoms. The van der Waals surface area contributed by atoms with Gasteiger partial charge in [0.15, 0.2) is 0 Å². The molecule has 108 valence electrons. The van der Waals surface area contributed by atoms with E-state index in [1.807, 2.05) is 13.8 Å². The van der Waals surface area contributed by atoms with Crippen molar-refractivity contribution in [3.05, 3.63) is 47.4 Å². The van der Waals surface area contributed by atoms with Gasteiger partial charge < -0.3 is 9.73 Å². The molecule has 1 aromatic heterocycles. The Morgan fingerprint density at radius 1 is 1.25 bits per heavy atom. The van der Waals surface area contributed by atoms with Gasteiger partial charge in [-0.25, -0.2) is 8.78 Å². The summed E-state index contributed by atoms with van der Waals surface area (Å²) in [5, 5.41) is 3.14. The molecular weight excluding hydrogens is 280 g/mol. The van der Waals surface area contributed by atoms with E-state index in [1.165, 1.54) is 18.4 Å². The van der Waals surface area contributed by atoms with Gasteiger partial charge in [0.05, 0.1) is 16.1 Å². The predicted molar refractivity (Wildman–Crippen MR) is 75.9 cm³/mol. The molecule has 0 unspecified atom stereocenters. The number of hydrogen-bond acceptors (Lipinski definition) is 3. The summed E-state index contributed by atoms with van der Waals surface area (Å²) in [5.74, 6) is -0.438. The Morgan fingerprint density at radius 3 is 2.40 bits per heavy atom. The second-order valence-corrected chi connectivity index (χ2v) is 5.92. The van der Waals surface area contributed by atoms with Crippen molar-refractivity contribution in [1.82, 2.24) is 5.32 Å². The van der Waals surface area contributed by atoms with Crippen molar-refractivity contribution >= 4 is 11.8 Å². The van der Waals surface area contributed by atoms with Gasteiger partial charge in [-0.05, 0) is 30.7 Å². The highest BCUT2D eigenvalue weighted by Gasteiger charge is 2.15. The van der Waals surface area contributed by atoms with Gasteiger partial charge in [0.1, 0.15) is 17.4 Å². The van der Waals surface area contributed by atoms with E-state index in [-0.39, 0.29) is 10.9 Å². The maximum atomic E-state index is 14.0. The number of rotatable bonds is 5. The second-order valence-electron chi connectivity index (χ2n) is 4.87. The van der Waals surface area contributed by atoms with Crippen molar-refractivity contribution in [2.75, 3.05) is 0 Å². The van der Waals surface area contributed by atoms with Crippen molar-refractivity contribution in [2.45, 2.75) is 43.1 Å². The first-order valence-corrected chi connectivity index (χ1v) is 7.22. The molecule has 0 aliphatic heterocycles. The third-order valence-corrected chi connectivity index (χ3v) is 4.03. The number of aryl methyl sites for hydroxylation is 1. The van der Waals surface area contributed by atoms with Gasteiger partial charge in [-0.2, -0.15) is 0 Å². The first kappa shape index (κ1) is 15.1. The fraction of sp³-hybridized carbons (Fsp3) is 0.333. The van der Waals surface area contributed by atoms with E-state index in [9.17, 15) is 8.78 Å².